The Morgan fingerprint density at radius 3 is 2.42 bits per heavy atom. The maximum absolute atomic E-state index is 12.7. The molecule has 0 unspecified atom stereocenters. The third-order valence-electron chi connectivity index (χ3n) is 4.33. The number of carbonyl (C=O) groups is 1. The molecule has 1 amide bonds. The summed E-state index contributed by atoms with van der Waals surface area (Å²) < 4.78 is 12.7. The van der Waals surface area contributed by atoms with Crippen LogP contribution in [0.1, 0.15) is 18.9 Å². The third-order valence-corrected chi connectivity index (χ3v) is 5.29. The van der Waals surface area contributed by atoms with Crippen molar-refractivity contribution in [2.24, 2.45) is 5.73 Å². The standard InChI is InChI=1S/C22H20N4O4S/c1-2-11-29-16-9-5-15(6-10-16)20-24-22-26(25-20)21(28)18(31-22)12-14-3-7-17(8-4-14)30-13-19(23)27/h3-10,12H,2,11,13H2,1H3,(H2,23,27). The topological polar surface area (TPSA) is 109 Å². The lowest BCUT2D eigenvalue weighted by Crippen LogP contribution is -2.23. The van der Waals surface area contributed by atoms with Crippen LogP contribution in [0, 0.1) is 0 Å². The average molecular weight is 436 g/mol. The summed E-state index contributed by atoms with van der Waals surface area (Å²) in [6.07, 6.45) is 2.71. The quantitative estimate of drug-likeness (QED) is 0.453. The van der Waals surface area contributed by atoms with Crippen LogP contribution in [0.3, 0.4) is 0 Å². The highest BCUT2D eigenvalue weighted by Gasteiger charge is 2.12. The van der Waals surface area contributed by atoms with Gasteiger partial charge < -0.3 is 15.2 Å². The van der Waals surface area contributed by atoms with Gasteiger partial charge in [-0.3, -0.25) is 9.59 Å². The minimum absolute atomic E-state index is 0.182. The van der Waals surface area contributed by atoms with Crippen LogP contribution >= 0.6 is 11.3 Å². The summed E-state index contributed by atoms with van der Waals surface area (Å²) in [6, 6.07) is 14.5. The molecular formula is C22H20N4O4S. The summed E-state index contributed by atoms with van der Waals surface area (Å²) in [6.45, 7) is 2.54. The number of amides is 1. The Kier molecular flexibility index (Phi) is 5.94. The molecule has 0 spiro atoms. The summed E-state index contributed by atoms with van der Waals surface area (Å²) >= 11 is 1.27. The maximum atomic E-state index is 12.7. The Labute approximate surface area is 181 Å². The minimum Gasteiger partial charge on any atom is -0.494 e. The molecule has 2 heterocycles. The third kappa shape index (κ3) is 4.72. The summed E-state index contributed by atoms with van der Waals surface area (Å²) in [5.74, 6) is 1.27. The SMILES string of the molecule is CCCOc1ccc(-c2nc3sc(=Cc4ccc(OCC(N)=O)cc4)c(=O)n3n2)cc1. The van der Waals surface area contributed by atoms with Crippen molar-refractivity contribution in [1.82, 2.24) is 14.6 Å². The minimum atomic E-state index is -0.541. The number of aromatic nitrogens is 3. The molecule has 0 bridgehead atoms. The highest BCUT2D eigenvalue weighted by Crippen LogP contribution is 2.20. The van der Waals surface area contributed by atoms with Gasteiger partial charge in [-0.15, -0.1) is 5.10 Å². The van der Waals surface area contributed by atoms with Gasteiger partial charge in [0.1, 0.15) is 11.5 Å². The lowest BCUT2D eigenvalue weighted by atomic mass is 10.2. The Hall–Kier alpha value is -3.72. The van der Waals surface area contributed by atoms with E-state index in [1.54, 1.807) is 30.3 Å². The average Bonchev–Trinajstić information content (AvgIpc) is 3.31. The van der Waals surface area contributed by atoms with Gasteiger partial charge in [-0.25, -0.2) is 0 Å². The first-order chi connectivity index (χ1) is 15.0. The van der Waals surface area contributed by atoms with Gasteiger partial charge in [0.25, 0.3) is 11.5 Å². The number of carbonyl (C=O) groups excluding carboxylic acids is 1. The second-order valence-electron chi connectivity index (χ2n) is 6.74. The van der Waals surface area contributed by atoms with Crippen molar-refractivity contribution >= 4 is 28.3 Å². The van der Waals surface area contributed by atoms with Crippen molar-refractivity contribution in [1.29, 1.82) is 0 Å². The predicted molar refractivity (Wildman–Crippen MR) is 118 cm³/mol. The van der Waals surface area contributed by atoms with E-state index in [1.165, 1.54) is 15.9 Å². The molecule has 8 nitrogen and oxygen atoms in total. The van der Waals surface area contributed by atoms with Crippen LogP contribution in [0.25, 0.3) is 22.4 Å². The van der Waals surface area contributed by atoms with Crippen LogP contribution in [0.5, 0.6) is 11.5 Å². The van der Waals surface area contributed by atoms with Crippen molar-refractivity contribution in [3.8, 4) is 22.9 Å². The van der Waals surface area contributed by atoms with E-state index < -0.39 is 5.91 Å². The smallest absolute Gasteiger partial charge is 0.291 e. The van der Waals surface area contributed by atoms with Gasteiger partial charge in [-0.1, -0.05) is 30.4 Å². The van der Waals surface area contributed by atoms with Gasteiger partial charge in [0.2, 0.25) is 4.96 Å². The Balaban J connectivity index is 1.56. The van der Waals surface area contributed by atoms with Crippen LogP contribution < -0.4 is 25.3 Å². The molecule has 0 aliphatic carbocycles. The van der Waals surface area contributed by atoms with Crippen LogP contribution in [-0.4, -0.2) is 33.7 Å². The number of nitrogens with zero attached hydrogens (tertiary/aromatic N) is 3. The molecule has 9 heteroatoms. The zero-order chi connectivity index (χ0) is 21.8. The fourth-order valence-electron chi connectivity index (χ4n) is 2.84. The molecule has 31 heavy (non-hydrogen) atoms. The molecule has 0 fully saturated rings. The molecule has 0 aliphatic heterocycles. The summed E-state index contributed by atoms with van der Waals surface area (Å²) in [5.41, 5.74) is 6.47. The molecule has 2 N–H and O–H groups in total. The second-order valence-corrected chi connectivity index (χ2v) is 7.75. The largest absolute Gasteiger partial charge is 0.494 e. The van der Waals surface area contributed by atoms with Crippen molar-refractivity contribution in [2.45, 2.75) is 13.3 Å². The number of fused-ring (bicyclic) bond motifs is 1. The molecule has 4 rings (SSSR count). The predicted octanol–water partition coefficient (Wildman–Crippen LogP) is 2.02. The van der Waals surface area contributed by atoms with Gasteiger partial charge in [-0.05, 0) is 54.5 Å². The van der Waals surface area contributed by atoms with Crippen LogP contribution in [0.4, 0.5) is 0 Å². The van der Waals surface area contributed by atoms with E-state index in [-0.39, 0.29) is 12.2 Å². The normalized spacial score (nSPS) is 11.7. The van der Waals surface area contributed by atoms with Gasteiger partial charge >= 0.3 is 0 Å². The van der Waals surface area contributed by atoms with Crippen molar-refractivity contribution in [2.75, 3.05) is 13.2 Å². The van der Waals surface area contributed by atoms with Gasteiger partial charge in [0, 0.05) is 5.56 Å². The molecule has 158 valence electrons. The van der Waals surface area contributed by atoms with Crippen molar-refractivity contribution in [3.05, 3.63) is 69.0 Å². The fourth-order valence-corrected chi connectivity index (χ4v) is 3.75. The fraction of sp³-hybridized carbons (Fsp3) is 0.182. The zero-order valence-corrected chi connectivity index (χ0v) is 17.6. The van der Waals surface area contributed by atoms with Crippen LogP contribution in [-0.2, 0) is 4.79 Å². The van der Waals surface area contributed by atoms with Gasteiger partial charge in [-0.2, -0.15) is 9.50 Å². The van der Waals surface area contributed by atoms with E-state index in [0.717, 1.165) is 23.3 Å². The number of thiazole rings is 1. The Bertz CT molecular complexity index is 1310. The molecule has 2 aromatic heterocycles. The van der Waals surface area contributed by atoms with E-state index in [2.05, 4.69) is 17.0 Å². The van der Waals surface area contributed by atoms with E-state index in [9.17, 15) is 9.59 Å². The number of ether oxygens (including phenoxy) is 2. The number of hydrogen-bond acceptors (Lipinski definition) is 7. The van der Waals surface area contributed by atoms with E-state index in [1.807, 2.05) is 24.3 Å². The van der Waals surface area contributed by atoms with E-state index in [4.69, 9.17) is 15.2 Å². The lowest BCUT2D eigenvalue weighted by molar-refractivity contribution is -0.119. The molecule has 0 radical (unpaired) electrons. The molecule has 0 atom stereocenters. The van der Waals surface area contributed by atoms with E-state index >= 15 is 0 Å². The van der Waals surface area contributed by atoms with Gasteiger partial charge in [0.05, 0.1) is 11.1 Å². The Morgan fingerprint density at radius 1 is 1.10 bits per heavy atom. The molecule has 4 aromatic rings. The molecule has 0 aliphatic rings. The van der Waals surface area contributed by atoms with E-state index in [0.29, 0.717) is 27.7 Å². The summed E-state index contributed by atoms with van der Waals surface area (Å²) in [4.78, 5) is 28.5. The first-order valence-electron chi connectivity index (χ1n) is 9.69. The van der Waals surface area contributed by atoms with Crippen molar-refractivity contribution in [3.63, 3.8) is 0 Å². The number of benzene rings is 2. The highest BCUT2D eigenvalue weighted by molar-refractivity contribution is 7.15. The first-order valence-corrected chi connectivity index (χ1v) is 10.5. The molecular weight excluding hydrogens is 416 g/mol. The second kappa shape index (κ2) is 8.97. The lowest BCUT2D eigenvalue weighted by Gasteiger charge is -2.04. The number of rotatable bonds is 8. The number of nitrogens with two attached hydrogens (primary N) is 1. The molecule has 0 saturated carbocycles. The Morgan fingerprint density at radius 2 is 1.77 bits per heavy atom. The number of hydrogen-bond donors (Lipinski definition) is 1. The monoisotopic (exact) mass is 436 g/mol. The van der Waals surface area contributed by atoms with Gasteiger partial charge in [0.15, 0.2) is 12.4 Å². The molecule has 0 saturated heterocycles. The summed E-state index contributed by atoms with van der Waals surface area (Å²) in [7, 11) is 0. The molecule has 2 aromatic carbocycles. The van der Waals surface area contributed by atoms with Crippen LogP contribution in [0.2, 0.25) is 0 Å². The maximum Gasteiger partial charge on any atom is 0.291 e. The highest BCUT2D eigenvalue weighted by atomic mass is 32.1. The number of primary amides is 1. The van der Waals surface area contributed by atoms with Crippen molar-refractivity contribution < 1.29 is 14.3 Å². The van der Waals surface area contributed by atoms with Crippen LogP contribution in [0.15, 0.2) is 53.3 Å². The summed E-state index contributed by atoms with van der Waals surface area (Å²) in [5, 5.41) is 4.37. The first kappa shape index (κ1) is 20.5. The zero-order valence-electron chi connectivity index (χ0n) is 16.8.